The molecule has 2 aromatic rings. The summed E-state index contributed by atoms with van der Waals surface area (Å²) in [6.45, 7) is 4.48. The van der Waals surface area contributed by atoms with Crippen molar-refractivity contribution in [1.82, 2.24) is 0 Å². The van der Waals surface area contributed by atoms with E-state index < -0.39 is 0 Å². The fourth-order valence-corrected chi connectivity index (χ4v) is 2.59. The zero-order valence-corrected chi connectivity index (χ0v) is 11.7. The number of rotatable bonds is 1. The summed E-state index contributed by atoms with van der Waals surface area (Å²) in [4.78, 5) is 2.29. The van der Waals surface area contributed by atoms with Crippen LogP contribution in [0.25, 0.3) is 12.2 Å². The van der Waals surface area contributed by atoms with Crippen molar-refractivity contribution in [2.75, 3.05) is 11.9 Å². The van der Waals surface area contributed by atoms with Crippen LogP contribution in [-0.4, -0.2) is 7.05 Å². The number of nitrogens with zero attached hydrogens (tertiary/aromatic N) is 1. The third-order valence-corrected chi connectivity index (χ3v) is 3.82. The van der Waals surface area contributed by atoms with Gasteiger partial charge in [-0.2, -0.15) is 0 Å². The zero-order valence-electron chi connectivity index (χ0n) is 11.7. The van der Waals surface area contributed by atoms with Crippen molar-refractivity contribution in [3.05, 3.63) is 59.2 Å². The molecule has 0 radical (unpaired) electrons. The van der Waals surface area contributed by atoms with Crippen LogP contribution in [0.15, 0.2) is 42.5 Å². The van der Waals surface area contributed by atoms with Gasteiger partial charge >= 0.3 is 0 Å². The molecule has 0 aliphatic carbocycles. The summed E-state index contributed by atoms with van der Waals surface area (Å²) in [6, 6.07) is 15.3. The predicted octanol–water partition coefficient (Wildman–Crippen LogP) is 5.06. The molecule has 0 unspecified atom stereocenters. The molecule has 0 N–H and O–H groups in total. The van der Waals surface area contributed by atoms with Crippen molar-refractivity contribution in [2.45, 2.75) is 19.8 Å². The Morgan fingerprint density at radius 1 is 0.842 bits per heavy atom. The smallest absolute Gasteiger partial charge is 0.0484 e. The molecule has 0 fully saturated rings. The molecule has 0 spiro atoms. The Balaban J connectivity index is 2.18. The Kier molecular flexibility index (Phi) is 2.90. The summed E-state index contributed by atoms with van der Waals surface area (Å²) in [7, 11) is 2.15. The van der Waals surface area contributed by atoms with E-state index in [4.69, 9.17) is 0 Å². The van der Waals surface area contributed by atoms with Gasteiger partial charge in [-0.3, -0.25) is 0 Å². The minimum Gasteiger partial charge on any atom is -0.344 e. The average Bonchev–Trinajstić information content (AvgIpc) is 2.57. The number of hydrogen-bond acceptors (Lipinski definition) is 1. The highest BCUT2D eigenvalue weighted by Gasteiger charge is 2.15. The van der Waals surface area contributed by atoms with Crippen molar-refractivity contribution in [2.24, 2.45) is 0 Å². The molecule has 1 aliphatic heterocycles. The van der Waals surface area contributed by atoms with Crippen LogP contribution in [0.2, 0.25) is 0 Å². The summed E-state index contributed by atoms with van der Waals surface area (Å²) in [5, 5.41) is 0. The topological polar surface area (TPSA) is 3.24 Å². The molecule has 3 rings (SSSR count). The van der Waals surface area contributed by atoms with Crippen molar-refractivity contribution in [3.8, 4) is 0 Å². The van der Waals surface area contributed by atoms with Gasteiger partial charge in [0, 0.05) is 18.4 Å². The molecule has 96 valence electrons. The molecule has 0 saturated heterocycles. The fraction of sp³-hybridized carbons (Fsp3) is 0.222. The third kappa shape index (κ3) is 2.06. The number of hydrogen-bond donors (Lipinski definition) is 0. The first kappa shape index (κ1) is 12.0. The minimum absolute atomic E-state index is 0.557. The third-order valence-electron chi connectivity index (χ3n) is 3.82. The highest BCUT2D eigenvalue weighted by atomic mass is 15.1. The molecule has 0 saturated carbocycles. The summed E-state index contributed by atoms with van der Waals surface area (Å²) in [5.41, 5.74) is 6.49. The van der Waals surface area contributed by atoms with Crippen LogP contribution in [0.4, 0.5) is 11.4 Å². The maximum absolute atomic E-state index is 2.31. The van der Waals surface area contributed by atoms with E-state index >= 15 is 0 Å². The monoisotopic (exact) mass is 249 g/mol. The van der Waals surface area contributed by atoms with Crippen LogP contribution < -0.4 is 4.90 Å². The molecule has 0 bridgehead atoms. The summed E-state index contributed by atoms with van der Waals surface area (Å²) in [5.74, 6) is 0.557. The van der Waals surface area contributed by atoms with E-state index in [0.29, 0.717) is 5.92 Å². The maximum atomic E-state index is 2.31. The first-order valence-electron chi connectivity index (χ1n) is 6.81. The lowest BCUT2D eigenvalue weighted by Gasteiger charge is -2.23. The van der Waals surface area contributed by atoms with E-state index in [-0.39, 0.29) is 0 Å². The molecule has 1 aliphatic rings. The Hall–Kier alpha value is -2.02. The quantitative estimate of drug-likeness (QED) is 0.682. The van der Waals surface area contributed by atoms with Gasteiger partial charge in [0.25, 0.3) is 0 Å². The molecule has 0 atom stereocenters. The van der Waals surface area contributed by atoms with Gasteiger partial charge in [0.1, 0.15) is 0 Å². The van der Waals surface area contributed by atoms with Crippen molar-refractivity contribution in [1.29, 1.82) is 0 Å². The lowest BCUT2D eigenvalue weighted by Crippen LogP contribution is -2.11. The normalized spacial score (nSPS) is 13.2. The standard InChI is InChI=1S/C18H19N/c1-13(2)16-11-10-15-9-8-14-6-4-5-7-17(14)19(3)18(15)12-16/h4-13H,1-3H3. The summed E-state index contributed by atoms with van der Waals surface area (Å²) in [6.07, 6.45) is 4.41. The maximum Gasteiger partial charge on any atom is 0.0484 e. The Morgan fingerprint density at radius 2 is 1.53 bits per heavy atom. The van der Waals surface area contributed by atoms with E-state index in [1.54, 1.807) is 0 Å². The van der Waals surface area contributed by atoms with E-state index in [2.05, 4.69) is 80.4 Å². The van der Waals surface area contributed by atoms with Gasteiger partial charge in [-0.1, -0.05) is 56.3 Å². The summed E-state index contributed by atoms with van der Waals surface area (Å²) < 4.78 is 0. The van der Waals surface area contributed by atoms with Crippen molar-refractivity contribution < 1.29 is 0 Å². The predicted molar refractivity (Wildman–Crippen MR) is 84.0 cm³/mol. The molecule has 1 nitrogen and oxygen atoms in total. The highest BCUT2D eigenvalue weighted by Crippen LogP contribution is 2.36. The molecular formula is C18H19N. The number of benzene rings is 2. The van der Waals surface area contributed by atoms with Gasteiger partial charge in [0.15, 0.2) is 0 Å². The number of para-hydroxylation sites is 1. The summed E-state index contributed by atoms with van der Waals surface area (Å²) >= 11 is 0. The molecule has 0 aromatic heterocycles. The van der Waals surface area contributed by atoms with Crippen molar-refractivity contribution in [3.63, 3.8) is 0 Å². The lowest BCUT2D eigenvalue weighted by atomic mass is 10.00. The van der Waals surface area contributed by atoms with E-state index in [1.807, 2.05) is 0 Å². The van der Waals surface area contributed by atoms with Crippen LogP contribution in [0.3, 0.4) is 0 Å². The average molecular weight is 249 g/mol. The van der Waals surface area contributed by atoms with E-state index in [1.165, 1.54) is 28.1 Å². The second-order valence-corrected chi connectivity index (χ2v) is 5.42. The second-order valence-electron chi connectivity index (χ2n) is 5.42. The minimum atomic E-state index is 0.557. The Labute approximate surface area is 115 Å². The largest absolute Gasteiger partial charge is 0.344 e. The van der Waals surface area contributed by atoms with Crippen LogP contribution >= 0.6 is 0 Å². The van der Waals surface area contributed by atoms with Crippen molar-refractivity contribution >= 4 is 23.5 Å². The second kappa shape index (κ2) is 4.58. The van der Waals surface area contributed by atoms with Crippen LogP contribution in [0, 0.1) is 0 Å². The fourth-order valence-electron chi connectivity index (χ4n) is 2.59. The van der Waals surface area contributed by atoms with Gasteiger partial charge in [0.2, 0.25) is 0 Å². The number of anilines is 2. The highest BCUT2D eigenvalue weighted by molar-refractivity contribution is 5.88. The van der Waals surface area contributed by atoms with Gasteiger partial charge < -0.3 is 4.90 Å². The lowest BCUT2D eigenvalue weighted by molar-refractivity contribution is 0.866. The molecule has 0 amide bonds. The van der Waals surface area contributed by atoms with Gasteiger partial charge in [-0.25, -0.2) is 0 Å². The molecule has 1 heteroatoms. The van der Waals surface area contributed by atoms with Crippen LogP contribution in [0.1, 0.15) is 36.5 Å². The van der Waals surface area contributed by atoms with Crippen LogP contribution in [-0.2, 0) is 0 Å². The van der Waals surface area contributed by atoms with Gasteiger partial charge in [-0.15, -0.1) is 0 Å². The van der Waals surface area contributed by atoms with E-state index in [0.717, 1.165) is 0 Å². The SMILES string of the molecule is CC(C)c1ccc2c(c1)N(C)c1ccccc1C=C2. The van der Waals surface area contributed by atoms with E-state index in [9.17, 15) is 0 Å². The molecule has 1 heterocycles. The van der Waals surface area contributed by atoms with Gasteiger partial charge in [-0.05, 0) is 34.7 Å². The van der Waals surface area contributed by atoms with Gasteiger partial charge in [0.05, 0.1) is 0 Å². The first-order valence-corrected chi connectivity index (χ1v) is 6.81. The number of fused-ring (bicyclic) bond motifs is 2. The molecule has 19 heavy (non-hydrogen) atoms. The molecular weight excluding hydrogens is 230 g/mol. The first-order chi connectivity index (χ1) is 9.16. The Bertz CT molecular complexity index is 638. The van der Waals surface area contributed by atoms with Crippen LogP contribution in [0.5, 0.6) is 0 Å². The molecule has 2 aromatic carbocycles. The Morgan fingerprint density at radius 3 is 2.26 bits per heavy atom. The zero-order chi connectivity index (χ0) is 13.4.